The average molecular weight is 348 g/mol. The van der Waals surface area contributed by atoms with Gasteiger partial charge in [-0.1, -0.05) is 0 Å². The molecule has 0 bridgehead atoms. The normalized spacial score (nSPS) is 26.5. The van der Waals surface area contributed by atoms with Crippen molar-refractivity contribution in [2.45, 2.75) is 25.4 Å². The van der Waals surface area contributed by atoms with Gasteiger partial charge in [0.25, 0.3) is 5.91 Å². The zero-order chi connectivity index (χ0) is 17.7. The summed E-state index contributed by atoms with van der Waals surface area (Å²) in [7, 11) is 4.08. The summed E-state index contributed by atoms with van der Waals surface area (Å²) in [4.78, 5) is 16.8. The Labute approximate surface area is 149 Å². The van der Waals surface area contributed by atoms with Crippen LogP contribution in [-0.2, 0) is 9.47 Å². The number of carbonyl (C=O) groups excluding carboxylic acids is 1. The van der Waals surface area contributed by atoms with E-state index in [0.717, 1.165) is 32.4 Å². The summed E-state index contributed by atoms with van der Waals surface area (Å²) in [6.45, 7) is 4.44. The van der Waals surface area contributed by atoms with Gasteiger partial charge in [-0.05, 0) is 39.4 Å². The molecule has 2 atom stereocenters. The average Bonchev–Trinajstić information content (AvgIpc) is 2.65. The number of carbonyl (C=O) groups is 1. The van der Waals surface area contributed by atoms with Crippen LogP contribution in [0.15, 0.2) is 18.5 Å². The van der Waals surface area contributed by atoms with E-state index >= 15 is 0 Å². The van der Waals surface area contributed by atoms with Crippen molar-refractivity contribution in [3.05, 3.63) is 24.0 Å². The standard InChI is InChI=1S/C18H28N4O3/c1-21(2)9-11-24-14-18-6-3-10-25-16(18)5-8-22(13-18)17(23)15-4-7-19-20-12-15/h4,7,12,16H,3,5-6,8-11,13-14H2,1-2H3. The first-order valence-electron chi connectivity index (χ1n) is 9.01. The van der Waals surface area contributed by atoms with Crippen molar-refractivity contribution in [3.8, 4) is 0 Å². The fraction of sp³-hybridized carbons (Fsp3) is 0.722. The molecule has 138 valence electrons. The fourth-order valence-electron chi connectivity index (χ4n) is 3.80. The van der Waals surface area contributed by atoms with E-state index in [1.165, 1.54) is 6.20 Å². The third kappa shape index (κ3) is 4.34. The summed E-state index contributed by atoms with van der Waals surface area (Å²) in [5, 5.41) is 7.58. The first-order valence-corrected chi connectivity index (χ1v) is 9.01. The third-order valence-electron chi connectivity index (χ3n) is 5.18. The maximum absolute atomic E-state index is 12.8. The SMILES string of the molecule is CN(C)CCOCC12CCCOC1CCN(C(=O)c1ccnnc1)C2. The van der Waals surface area contributed by atoms with Crippen molar-refractivity contribution >= 4 is 5.91 Å². The van der Waals surface area contributed by atoms with Crippen LogP contribution in [0.2, 0.25) is 0 Å². The molecule has 1 amide bonds. The van der Waals surface area contributed by atoms with Crippen LogP contribution in [0.4, 0.5) is 0 Å². The lowest BCUT2D eigenvalue weighted by Gasteiger charge is -2.50. The van der Waals surface area contributed by atoms with Crippen molar-refractivity contribution in [2.24, 2.45) is 5.41 Å². The zero-order valence-electron chi connectivity index (χ0n) is 15.2. The highest BCUT2D eigenvalue weighted by atomic mass is 16.5. The molecule has 0 spiro atoms. The molecule has 0 N–H and O–H groups in total. The van der Waals surface area contributed by atoms with Crippen LogP contribution >= 0.6 is 0 Å². The van der Waals surface area contributed by atoms with Crippen molar-refractivity contribution in [1.82, 2.24) is 20.0 Å². The number of nitrogens with zero attached hydrogens (tertiary/aromatic N) is 4. The molecular weight excluding hydrogens is 320 g/mol. The van der Waals surface area contributed by atoms with Crippen LogP contribution < -0.4 is 0 Å². The Bertz CT molecular complexity index is 569. The van der Waals surface area contributed by atoms with Gasteiger partial charge in [-0.2, -0.15) is 10.2 Å². The molecule has 0 saturated carbocycles. The highest BCUT2D eigenvalue weighted by molar-refractivity contribution is 5.93. The second-order valence-electron chi connectivity index (χ2n) is 7.33. The topological polar surface area (TPSA) is 67.8 Å². The van der Waals surface area contributed by atoms with Crippen molar-refractivity contribution in [1.29, 1.82) is 0 Å². The molecule has 0 radical (unpaired) electrons. The molecular formula is C18H28N4O3. The quantitative estimate of drug-likeness (QED) is 0.716. The Balaban J connectivity index is 1.67. The molecule has 0 aliphatic carbocycles. The van der Waals surface area contributed by atoms with E-state index in [2.05, 4.69) is 15.1 Å². The van der Waals surface area contributed by atoms with Gasteiger partial charge in [-0.15, -0.1) is 0 Å². The highest BCUT2D eigenvalue weighted by Crippen LogP contribution is 2.40. The molecule has 7 nitrogen and oxygen atoms in total. The van der Waals surface area contributed by atoms with Crippen LogP contribution in [0.25, 0.3) is 0 Å². The van der Waals surface area contributed by atoms with E-state index in [1.807, 2.05) is 19.0 Å². The van der Waals surface area contributed by atoms with Gasteiger partial charge in [0.05, 0.1) is 37.3 Å². The molecule has 2 aliphatic heterocycles. The molecule has 1 aromatic heterocycles. The van der Waals surface area contributed by atoms with Gasteiger partial charge in [0.1, 0.15) is 0 Å². The van der Waals surface area contributed by atoms with E-state index < -0.39 is 0 Å². The van der Waals surface area contributed by atoms with Crippen LogP contribution in [0.5, 0.6) is 0 Å². The highest BCUT2D eigenvalue weighted by Gasteiger charge is 2.47. The van der Waals surface area contributed by atoms with Gasteiger partial charge in [0.15, 0.2) is 0 Å². The van der Waals surface area contributed by atoms with E-state index in [4.69, 9.17) is 9.47 Å². The van der Waals surface area contributed by atoms with Crippen LogP contribution in [0.3, 0.4) is 0 Å². The fourth-order valence-corrected chi connectivity index (χ4v) is 3.80. The molecule has 2 unspecified atom stereocenters. The van der Waals surface area contributed by atoms with Crippen LogP contribution in [0.1, 0.15) is 29.6 Å². The molecule has 1 aromatic rings. The molecule has 7 heteroatoms. The van der Waals surface area contributed by atoms with Crippen LogP contribution in [0, 0.1) is 5.41 Å². The van der Waals surface area contributed by atoms with Gasteiger partial charge in [-0.3, -0.25) is 4.79 Å². The lowest BCUT2D eigenvalue weighted by Crippen LogP contribution is -2.58. The number of ether oxygens (including phenoxy) is 2. The minimum absolute atomic E-state index is 0.0200. The summed E-state index contributed by atoms with van der Waals surface area (Å²) in [6.07, 6.45) is 6.20. The number of hydrogen-bond donors (Lipinski definition) is 0. The van der Waals surface area contributed by atoms with Gasteiger partial charge >= 0.3 is 0 Å². The summed E-state index contributed by atoms with van der Waals surface area (Å²) < 4.78 is 12.0. The van der Waals surface area contributed by atoms with Crippen molar-refractivity contribution < 1.29 is 14.3 Å². The second-order valence-corrected chi connectivity index (χ2v) is 7.33. The number of likely N-dealkylation sites (N-methyl/N-ethyl adjacent to an activating group) is 1. The van der Waals surface area contributed by atoms with E-state index in [1.54, 1.807) is 12.3 Å². The number of piperidine rings is 1. The zero-order valence-corrected chi connectivity index (χ0v) is 15.2. The maximum Gasteiger partial charge on any atom is 0.255 e. The van der Waals surface area contributed by atoms with E-state index in [-0.39, 0.29) is 17.4 Å². The monoisotopic (exact) mass is 348 g/mol. The maximum atomic E-state index is 12.8. The van der Waals surface area contributed by atoms with Crippen molar-refractivity contribution in [2.75, 3.05) is 53.6 Å². The van der Waals surface area contributed by atoms with E-state index in [0.29, 0.717) is 31.9 Å². The molecule has 2 fully saturated rings. The van der Waals surface area contributed by atoms with Crippen LogP contribution in [-0.4, -0.2) is 85.6 Å². The van der Waals surface area contributed by atoms with Crippen molar-refractivity contribution in [3.63, 3.8) is 0 Å². The predicted octanol–water partition coefficient (Wildman–Crippen LogP) is 1.07. The molecule has 2 saturated heterocycles. The minimum atomic E-state index is -0.0983. The Morgan fingerprint density at radius 3 is 3.12 bits per heavy atom. The summed E-state index contributed by atoms with van der Waals surface area (Å²) in [5.74, 6) is 0.0200. The molecule has 2 aliphatic rings. The number of rotatable bonds is 6. The summed E-state index contributed by atoms with van der Waals surface area (Å²) in [5.41, 5.74) is 0.493. The van der Waals surface area contributed by atoms with Gasteiger partial charge in [0, 0.05) is 31.7 Å². The van der Waals surface area contributed by atoms with Gasteiger partial charge < -0.3 is 19.3 Å². The second kappa shape index (κ2) is 8.21. The Morgan fingerprint density at radius 1 is 1.48 bits per heavy atom. The molecule has 3 rings (SSSR count). The Hall–Kier alpha value is -1.57. The smallest absolute Gasteiger partial charge is 0.255 e. The molecule has 0 aromatic carbocycles. The minimum Gasteiger partial charge on any atom is -0.379 e. The Kier molecular flexibility index (Phi) is 5.98. The number of amides is 1. The third-order valence-corrected chi connectivity index (χ3v) is 5.18. The first kappa shape index (κ1) is 18.2. The van der Waals surface area contributed by atoms with E-state index in [9.17, 15) is 4.79 Å². The summed E-state index contributed by atoms with van der Waals surface area (Å²) in [6, 6.07) is 1.72. The predicted molar refractivity (Wildman–Crippen MR) is 93.3 cm³/mol. The van der Waals surface area contributed by atoms with Gasteiger partial charge in [-0.25, -0.2) is 0 Å². The number of hydrogen-bond acceptors (Lipinski definition) is 6. The first-order chi connectivity index (χ1) is 12.1. The number of aromatic nitrogens is 2. The number of likely N-dealkylation sites (tertiary alicyclic amines) is 1. The number of fused-ring (bicyclic) bond motifs is 1. The largest absolute Gasteiger partial charge is 0.379 e. The summed E-state index contributed by atoms with van der Waals surface area (Å²) >= 11 is 0. The Morgan fingerprint density at radius 2 is 2.36 bits per heavy atom. The molecule has 25 heavy (non-hydrogen) atoms. The molecule has 3 heterocycles. The lowest BCUT2D eigenvalue weighted by molar-refractivity contribution is -0.147. The lowest BCUT2D eigenvalue weighted by atomic mass is 9.73. The van der Waals surface area contributed by atoms with Gasteiger partial charge in [0.2, 0.25) is 0 Å².